The minimum atomic E-state index is -3.78. The molecule has 0 fully saturated rings. The smallest absolute Gasteiger partial charge is 0.263 e. The highest BCUT2D eigenvalue weighted by Gasteiger charge is 2.16. The Labute approximate surface area is 116 Å². The van der Waals surface area contributed by atoms with Crippen molar-refractivity contribution in [1.29, 1.82) is 5.26 Å². The van der Waals surface area contributed by atoms with Gasteiger partial charge in [0.2, 0.25) is 0 Å². The highest BCUT2D eigenvalue weighted by atomic mass is 32.2. The largest absolute Gasteiger partial charge is 0.397 e. The van der Waals surface area contributed by atoms with Crippen LogP contribution in [0.4, 0.5) is 11.4 Å². The first-order valence-electron chi connectivity index (χ1n) is 5.67. The lowest BCUT2D eigenvalue weighted by molar-refractivity contribution is 0.601. The molecule has 0 radical (unpaired) electrons. The first-order chi connectivity index (χ1) is 9.42. The lowest BCUT2D eigenvalue weighted by Crippen LogP contribution is -2.14. The number of nitrogen functional groups attached to an aromatic ring is 1. The number of aryl methyl sites for hydroxylation is 1. The first-order valence-corrected chi connectivity index (χ1v) is 7.16. The minimum Gasteiger partial charge on any atom is -0.397 e. The van der Waals surface area contributed by atoms with Gasteiger partial charge in [0, 0.05) is 6.20 Å². The number of pyridine rings is 1. The third-order valence-electron chi connectivity index (χ3n) is 2.61. The fourth-order valence-electron chi connectivity index (χ4n) is 1.57. The molecule has 1 heterocycles. The predicted molar refractivity (Wildman–Crippen MR) is 75.4 cm³/mol. The Morgan fingerprint density at radius 1 is 1.30 bits per heavy atom. The number of nitrogens with zero attached hydrogens (tertiary/aromatic N) is 2. The Hall–Kier alpha value is -2.59. The molecule has 0 atom stereocenters. The summed E-state index contributed by atoms with van der Waals surface area (Å²) in [5, 5.41) is 8.64. The standard InChI is InChI=1S/C13H12N4O2S/c1-9-2-5-12(15)13(6-9)17-20(18,19)11-4-3-10(7-14)16-8-11/h2-6,8,17H,15H2,1H3. The summed E-state index contributed by atoms with van der Waals surface area (Å²) in [6.07, 6.45) is 1.13. The summed E-state index contributed by atoms with van der Waals surface area (Å²) in [5.41, 5.74) is 7.42. The maximum atomic E-state index is 12.2. The number of rotatable bonds is 3. The molecule has 0 saturated carbocycles. The molecule has 3 N–H and O–H groups in total. The van der Waals surface area contributed by atoms with Crippen molar-refractivity contribution in [3.05, 3.63) is 47.8 Å². The molecule has 6 nitrogen and oxygen atoms in total. The van der Waals surface area contributed by atoms with Crippen LogP contribution in [0.3, 0.4) is 0 Å². The van der Waals surface area contributed by atoms with Gasteiger partial charge in [-0.15, -0.1) is 0 Å². The van der Waals surface area contributed by atoms with Gasteiger partial charge in [-0.2, -0.15) is 5.26 Å². The van der Waals surface area contributed by atoms with E-state index in [0.717, 1.165) is 11.8 Å². The van der Waals surface area contributed by atoms with Gasteiger partial charge in [-0.05, 0) is 36.8 Å². The van der Waals surface area contributed by atoms with Crippen LogP contribution in [0.2, 0.25) is 0 Å². The van der Waals surface area contributed by atoms with E-state index in [9.17, 15) is 8.42 Å². The van der Waals surface area contributed by atoms with Gasteiger partial charge >= 0.3 is 0 Å². The summed E-state index contributed by atoms with van der Waals surface area (Å²) in [5.74, 6) is 0. The van der Waals surface area contributed by atoms with Gasteiger partial charge < -0.3 is 5.73 Å². The second-order valence-corrected chi connectivity index (χ2v) is 5.87. The number of sulfonamides is 1. The maximum absolute atomic E-state index is 12.2. The van der Waals surface area contributed by atoms with Gasteiger partial charge in [-0.25, -0.2) is 13.4 Å². The number of benzene rings is 1. The van der Waals surface area contributed by atoms with Crippen molar-refractivity contribution in [2.45, 2.75) is 11.8 Å². The second-order valence-electron chi connectivity index (χ2n) is 4.19. The topological polar surface area (TPSA) is 109 Å². The average Bonchev–Trinajstić information content (AvgIpc) is 2.43. The molecule has 2 aromatic rings. The Balaban J connectivity index is 2.35. The molecule has 0 aliphatic carbocycles. The Morgan fingerprint density at radius 2 is 2.05 bits per heavy atom. The Kier molecular flexibility index (Phi) is 3.59. The van der Waals surface area contributed by atoms with E-state index in [2.05, 4.69) is 9.71 Å². The van der Waals surface area contributed by atoms with E-state index < -0.39 is 10.0 Å². The van der Waals surface area contributed by atoms with Crippen molar-refractivity contribution in [1.82, 2.24) is 4.98 Å². The van der Waals surface area contributed by atoms with Crippen LogP contribution in [0.15, 0.2) is 41.4 Å². The molecule has 20 heavy (non-hydrogen) atoms. The van der Waals surface area contributed by atoms with Gasteiger partial charge in [0.15, 0.2) is 0 Å². The lowest BCUT2D eigenvalue weighted by atomic mass is 10.2. The molecule has 1 aromatic carbocycles. The fourth-order valence-corrected chi connectivity index (χ4v) is 2.59. The highest BCUT2D eigenvalue weighted by molar-refractivity contribution is 7.92. The molecule has 7 heteroatoms. The van der Waals surface area contributed by atoms with Gasteiger partial charge in [0.05, 0.1) is 11.4 Å². The van der Waals surface area contributed by atoms with Crippen LogP contribution >= 0.6 is 0 Å². The number of hydrogen-bond donors (Lipinski definition) is 2. The normalized spacial score (nSPS) is 10.8. The van der Waals surface area contributed by atoms with Crippen LogP contribution in [0.1, 0.15) is 11.3 Å². The number of aromatic nitrogens is 1. The van der Waals surface area contributed by atoms with Crippen LogP contribution in [-0.4, -0.2) is 13.4 Å². The molecular weight excluding hydrogens is 276 g/mol. The number of nitrogens with one attached hydrogen (secondary N) is 1. The lowest BCUT2D eigenvalue weighted by Gasteiger charge is -2.10. The molecule has 0 aliphatic heterocycles. The molecule has 0 spiro atoms. The van der Waals surface area contributed by atoms with Crippen LogP contribution in [-0.2, 0) is 10.0 Å². The first kappa shape index (κ1) is 13.8. The molecule has 0 aliphatic rings. The van der Waals surface area contributed by atoms with Gasteiger partial charge in [-0.3, -0.25) is 4.72 Å². The predicted octanol–water partition coefficient (Wildman–Crippen LogP) is 1.64. The van der Waals surface area contributed by atoms with Crippen molar-refractivity contribution < 1.29 is 8.42 Å². The van der Waals surface area contributed by atoms with E-state index in [1.807, 2.05) is 13.0 Å². The summed E-state index contributed by atoms with van der Waals surface area (Å²) in [7, 11) is -3.78. The Bertz CT molecular complexity index is 777. The Morgan fingerprint density at radius 3 is 2.65 bits per heavy atom. The van der Waals surface area contributed by atoms with Crippen molar-refractivity contribution in [3.8, 4) is 6.07 Å². The highest BCUT2D eigenvalue weighted by Crippen LogP contribution is 2.23. The van der Waals surface area contributed by atoms with E-state index in [1.54, 1.807) is 18.2 Å². The summed E-state index contributed by atoms with van der Waals surface area (Å²) in [6.45, 7) is 1.83. The van der Waals surface area contributed by atoms with Gasteiger partial charge in [0.25, 0.3) is 10.0 Å². The van der Waals surface area contributed by atoms with Crippen LogP contribution in [0, 0.1) is 18.3 Å². The fraction of sp³-hybridized carbons (Fsp3) is 0.0769. The van der Waals surface area contributed by atoms with E-state index in [1.165, 1.54) is 12.1 Å². The van der Waals surface area contributed by atoms with E-state index in [0.29, 0.717) is 11.4 Å². The zero-order valence-electron chi connectivity index (χ0n) is 10.7. The van der Waals surface area contributed by atoms with E-state index >= 15 is 0 Å². The van der Waals surface area contributed by atoms with E-state index in [4.69, 9.17) is 11.0 Å². The van der Waals surface area contributed by atoms with Crippen molar-refractivity contribution in [3.63, 3.8) is 0 Å². The molecule has 0 amide bonds. The quantitative estimate of drug-likeness (QED) is 0.834. The van der Waals surface area contributed by atoms with Crippen molar-refractivity contribution in [2.75, 3.05) is 10.5 Å². The summed E-state index contributed by atoms with van der Waals surface area (Å²) in [6, 6.07) is 9.55. The molecule has 0 unspecified atom stereocenters. The molecular formula is C13H12N4O2S. The van der Waals surface area contributed by atoms with Gasteiger partial charge in [0.1, 0.15) is 16.7 Å². The number of anilines is 2. The number of nitrogens with two attached hydrogens (primary N) is 1. The van der Waals surface area contributed by atoms with Crippen LogP contribution in [0.25, 0.3) is 0 Å². The number of nitriles is 1. The average molecular weight is 288 g/mol. The molecule has 102 valence electrons. The SMILES string of the molecule is Cc1ccc(N)c(NS(=O)(=O)c2ccc(C#N)nc2)c1. The van der Waals surface area contributed by atoms with E-state index in [-0.39, 0.29) is 10.6 Å². The zero-order chi connectivity index (χ0) is 14.8. The maximum Gasteiger partial charge on any atom is 0.263 e. The monoisotopic (exact) mass is 288 g/mol. The summed E-state index contributed by atoms with van der Waals surface area (Å²) >= 11 is 0. The van der Waals surface area contributed by atoms with Crippen LogP contribution < -0.4 is 10.5 Å². The zero-order valence-corrected chi connectivity index (χ0v) is 11.5. The molecule has 1 aromatic heterocycles. The van der Waals surface area contributed by atoms with Crippen molar-refractivity contribution >= 4 is 21.4 Å². The van der Waals surface area contributed by atoms with Crippen molar-refractivity contribution in [2.24, 2.45) is 0 Å². The third kappa shape index (κ3) is 2.87. The molecule has 0 saturated heterocycles. The summed E-state index contributed by atoms with van der Waals surface area (Å²) < 4.78 is 26.8. The second kappa shape index (κ2) is 5.19. The number of hydrogen-bond acceptors (Lipinski definition) is 5. The van der Waals surface area contributed by atoms with Crippen LogP contribution in [0.5, 0.6) is 0 Å². The minimum absolute atomic E-state index is 0.0302. The van der Waals surface area contributed by atoms with Gasteiger partial charge in [-0.1, -0.05) is 6.07 Å². The summed E-state index contributed by atoms with van der Waals surface area (Å²) in [4.78, 5) is 3.70. The molecule has 2 rings (SSSR count). The third-order valence-corrected chi connectivity index (χ3v) is 3.97. The molecule has 0 bridgehead atoms.